The highest BCUT2D eigenvalue weighted by Crippen LogP contribution is 2.29. The van der Waals surface area contributed by atoms with E-state index in [1.165, 1.54) is 14.0 Å². The van der Waals surface area contributed by atoms with Crippen molar-refractivity contribution < 1.29 is 19.1 Å². The number of hydrogen-bond acceptors (Lipinski definition) is 7. The summed E-state index contributed by atoms with van der Waals surface area (Å²) in [5.74, 6) is 0.155. The minimum Gasteiger partial charge on any atom is -0.459 e. The number of thiophene rings is 1. The van der Waals surface area contributed by atoms with Gasteiger partial charge in [-0.2, -0.15) is 0 Å². The van der Waals surface area contributed by atoms with Crippen LogP contribution in [0.4, 0.5) is 0 Å². The quantitative estimate of drug-likeness (QED) is 0.517. The second kappa shape index (κ2) is 8.55. The first-order valence-corrected chi connectivity index (χ1v) is 9.28. The summed E-state index contributed by atoms with van der Waals surface area (Å²) in [6, 6.07) is 0. The van der Waals surface area contributed by atoms with E-state index in [2.05, 4.69) is 4.98 Å². The predicted octanol–water partition coefficient (Wildman–Crippen LogP) is 2.67. The number of rotatable bonds is 8. The highest BCUT2D eigenvalue weighted by Gasteiger charge is 2.23. The lowest BCUT2D eigenvalue weighted by atomic mass is 10.1. The molecule has 26 heavy (non-hydrogen) atoms. The molecule has 2 aromatic heterocycles. The molecule has 0 radical (unpaired) electrons. The van der Waals surface area contributed by atoms with Crippen LogP contribution in [0.3, 0.4) is 0 Å². The highest BCUT2D eigenvalue weighted by molar-refractivity contribution is 7.20. The zero-order valence-corrected chi connectivity index (χ0v) is 16.6. The Balaban J connectivity index is 2.54. The lowest BCUT2D eigenvalue weighted by Crippen LogP contribution is -2.27. The molecule has 0 saturated carbocycles. The number of aromatic nitrogens is 2. The Hall–Kier alpha value is -2.06. The van der Waals surface area contributed by atoms with Gasteiger partial charge in [-0.05, 0) is 19.4 Å². The van der Waals surface area contributed by atoms with Crippen LogP contribution in [-0.4, -0.2) is 41.6 Å². The van der Waals surface area contributed by atoms with Gasteiger partial charge in [0.2, 0.25) is 0 Å². The van der Waals surface area contributed by atoms with Crippen LogP contribution in [0.25, 0.3) is 10.2 Å². The number of nitrogens with zero attached hydrogens (tertiary/aromatic N) is 2. The summed E-state index contributed by atoms with van der Waals surface area (Å²) >= 11 is 1.16. The zero-order valence-electron chi connectivity index (χ0n) is 15.7. The van der Waals surface area contributed by atoms with Crippen molar-refractivity contribution in [2.24, 2.45) is 0 Å². The molecule has 0 aliphatic carbocycles. The van der Waals surface area contributed by atoms with Gasteiger partial charge in [0.05, 0.1) is 12.0 Å². The molecule has 0 atom stereocenters. The van der Waals surface area contributed by atoms with Gasteiger partial charge in [-0.25, -0.2) is 9.78 Å². The minimum atomic E-state index is -0.483. The predicted molar refractivity (Wildman–Crippen MR) is 100 cm³/mol. The fourth-order valence-electron chi connectivity index (χ4n) is 2.64. The third-order valence-corrected chi connectivity index (χ3v) is 5.16. The summed E-state index contributed by atoms with van der Waals surface area (Å²) in [5, 5.41) is 0.418. The number of esters is 1. The normalized spacial score (nSPS) is 11.3. The van der Waals surface area contributed by atoms with E-state index in [1.54, 1.807) is 11.5 Å². The van der Waals surface area contributed by atoms with Gasteiger partial charge in [0.25, 0.3) is 5.56 Å². The number of ether oxygens (including phenoxy) is 2. The fourth-order valence-corrected chi connectivity index (χ4v) is 3.71. The lowest BCUT2D eigenvalue weighted by molar-refractivity contribution is -0.117. The third kappa shape index (κ3) is 4.19. The average Bonchev–Trinajstić information content (AvgIpc) is 2.90. The molecule has 8 heteroatoms. The summed E-state index contributed by atoms with van der Waals surface area (Å²) in [7, 11) is 1.53. The first-order chi connectivity index (χ1) is 12.3. The van der Waals surface area contributed by atoms with Crippen LogP contribution in [0.5, 0.6) is 0 Å². The first kappa shape index (κ1) is 20.3. The van der Waals surface area contributed by atoms with Crippen molar-refractivity contribution in [3.8, 4) is 0 Å². The number of hydrogen-bond donors (Lipinski definition) is 0. The SMILES string of the molecule is COCCOC(=O)c1sc2nc(C(C)C)n(CCC(C)=O)c(=O)c2c1C. The molecule has 0 spiro atoms. The molecule has 0 amide bonds. The van der Waals surface area contributed by atoms with Gasteiger partial charge in [-0.15, -0.1) is 11.3 Å². The molecule has 2 rings (SSSR count). The summed E-state index contributed by atoms with van der Waals surface area (Å²) in [6.45, 7) is 7.85. The van der Waals surface area contributed by atoms with Gasteiger partial charge in [0.1, 0.15) is 27.9 Å². The Morgan fingerprint density at radius 2 is 1.96 bits per heavy atom. The molecule has 0 saturated heterocycles. The number of methoxy groups -OCH3 is 1. The number of fused-ring (bicyclic) bond motifs is 1. The smallest absolute Gasteiger partial charge is 0.348 e. The summed E-state index contributed by atoms with van der Waals surface area (Å²) in [5.41, 5.74) is 0.349. The molecule has 0 aliphatic rings. The highest BCUT2D eigenvalue weighted by atomic mass is 32.1. The fraction of sp³-hybridized carbons (Fsp3) is 0.556. The second-order valence-corrected chi connectivity index (χ2v) is 7.40. The topological polar surface area (TPSA) is 87.5 Å². The summed E-state index contributed by atoms with van der Waals surface area (Å²) in [6.07, 6.45) is 0.266. The molecule has 0 aromatic carbocycles. The monoisotopic (exact) mass is 380 g/mol. The van der Waals surface area contributed by atoms with Crippen molar-refractivity contribution in [2.45, 2.75) is 46.6 Å². The minimum absolute atomic E-state index is 0.0103. The van der Waals surface area contributed by atoms with E-state index in [4.69, 9.17) is 9.47 Å². The molecule has 0 unspecified atom stereocenters. The lowest BCUT2D eigenvalue weighted by Gasteiger charge is -2.14. The number of ketones is 1. The Kier molecular flexibility index (Phi) is 6.66. The van der Waals surface area contributed by atoms with Gasteiger partial charge in [-0.3, -0.25) is 14.2 Å². The molecule has 142 valence electrons. The second-order valence-electron chi connectivity index (χ2n) is 6.40. The number of carbonyl (C=O) groups excluding carboxylic acids is 2. The van der Waals surface area contributed by atoms with Crippen molar-refractivity contribution in [1.29, 1.82) is 0 Å². The van der Waals surface area contributed by atoms with Gasteiger partial charge >= 0.3 is 5.97 Å². The van der Waals surface area contributed by atoms with Crippen molar-refractivity contribution >= 4 is 33.3 Å². The molecule has 0 N–H and O–H groups in total. The van der Waals surface area contributed by atoms with E-state index >= 15 is 0 Å². The Bertz CT molecular complexity index is 882. The maximum absolute atomic E-state index is 13.0. The van der Waals surface area contributed by atoms with E-state index in [1.807, 2.05) is 13.8 Å². The molecule has 7 nitrogen and oxygen atoms in total. The van der Waals surface area contributed by atoms with Crippen LogP contribution in [0.1, 0.15) is 54.2 Å². The van der Waals surface area contributed by atoms with E-state index in [-0.39, 0.29) is 36.8 Å². The Morgan fingerprint density at radius 3 is 2.54 bits per heavy atom. The van der Waals surface area contributed by atoms with Crippen molar-refractivity contribution in [2.75, 3.05) is 20.3 Å². The molecule has 2 aromatic rings. The van der Waals surface area contributed by atoms with Gasteiger partial charge in [0.15, 0.2) is 0 Å². The molecule has 0 fully saturated rings. The van der Waals surface area contributed by atoms with Crippen LogP contribution < -0.4 is 5.56 Å². The molecule has 0 aliphatic heterocycles. The Morgan fingerprint density at radius 1 is 1.27 bits per heavy atom. The van der Waals surface area contributed by atoms with Crippen LogP contribution >= 0.6 is 11.3 Å². The van der Waals surface area contributed by atoms with E-state index in [0.717, 1.165) is 11.3 Å². The van der Waals surface area contributed by atoms with Crippen molar-refractivity contribution in [3.63, 3.8) is 0 Å². The maximum atomic E-state index is 13.0. The van der Waals surface area contributed by atoms with Crippen molar-refractivity contribution in [1.82, 2.24) is 9.55 Å². The van der Waals surface area contributed by atoms with Crippen molar-refractivity contribution in [3.05, 3.63) is 26.6 Å². The maximum Gasteiger partial charge on any atom is 0.348 e. The number of Topliss-reactive ketones (excluding diaryl/α,β-unsaturated/α-hetero) is 1. The zero-order chi connectivity index (χ0) is 19.4. The molecule has 0 bridgehead atoms. The number of carbonyl (C=O) groups is 2. The average molecular weight is 380 g/mol. The van der Waals surface area contributed by atoms with E-state index in [0.29, 0.717) is 33.1 Å². The summed E-state index contributed by atoms with van der Waals surface area (Å²) in [4.78, 5) is 42.2. The molecular formula is C18H24N2O5S. The van der Waals surface area contributed by atoms with Gasteiger partial charge < -0.3 is 9.47 Å². The molecule has 2 heterocycles. The largest absolute Gasteiger partial charge is 0.459 e. The standard InChI is InChI=1S/C18H24N2O5S/c1-10(2)15-19-16-13(17(22)20(15)7-6-11(3)21)12(4)14(26-16)18(23)25-9-8-24-5/h10H,6-9H2,1-5H3. The first-order valence-electron chi connectivity index (χ1n) is 8.47. The van der Waals surface area contributed by atoms with E-state index in [9.17, 15) is 14.4 Å². The Labute approximate surface area is 155 Å². The van der Waals surface area contributed by atoms with E-state index < -0.39 is 5.97 Å². The third-order valence-electron chi connectivity index (χ3n) is 3.99. The van der Waals surface area contributed by atoms with Crippen LogP contribution in [0, 0.1) is 6.92 Å². The van der Waals surface area contributed by atoms with Gasteiger partial charge in [0, 0.05) is 26.0 Å². The number of aryl methyl sites for hydroxylation is 1. The van der Waals surface area contributed by atoms with Crippen LogP contribution in [0.2, 0.25) is 0 Å². The van der Waals surface area contributed by atoms with Crippen LogP contribution in [0.15, 0.2) is 4.79 Å². The summed E-state index contributed by atoms with van der Waals surface area (Å²) < 4.78 is 11.6. The van der Waals surface area contributed by atoms with Gasteiger partial charge in [-0.1, -0.05) is 13.8 Å². The van der Waals surface area contributed by atoms with Crippen LogP contribution in [-0.2, 0) is 20.8 Å². The molecular weight excluding hydrogens is 356 g/mol.